The number of benzene rings is 6. The Morgan fingerprint density at radius 3 is 1.05 bits per heavy atom. The molecule has 0 fully saturated rings. The van der Waals surface area contributed by atoms with E-state index in [9.17, 15) is 30.6 Å². The summed E-state index contributed by atoms with van der Waals surface area (Å²) >= 11 is 65.8. The molecular formula is C39H24Br2Cl10O6. The molecule has 6 aromatic rings. The van der Waals surface area contributed by atoms with E-state index in [1.165, 1.54) is 24.3 Å². The highest BCUT2D eigenvalue weighted by Gasteiger charge is 2.21. The Bertz CT molecular complexity index is 2250. The molecule has 0 unspecified atom stereocenters. The average molecular weight is 1100 g/mol. The van der Waals surface area contributed by atoms with Crippen molar-refractivity contribution >= 4 is 148 Å². The van der Waals surface area contributed by atoms with Crippen LogP contribution in [0, 0.1) is 0 Å². The van der Waals surface area contributed by atoms with Crippen molar-refractivity contribution in [2.24, 2.45) is 0 Å². The van der Waals surface area contributed by atoms with E-state index >= 15 is 0 Å². The molecule has 0 saturated carbocycles. The lowest BCUT2D eigenvalue weighted by Crippen LogP contribution is -1.95. The Morgan fingerprint density at radius 1 is 0.351 bits per heavy atom. The van der Waals surface area contributed by atoms with E-state index in [1.54, 1.807) is 48.5 Å². The van der Waals surface area contributed by atoms with Gasteiger partial charge >= 0.3 is 0 Å². The van der Waals surface area contributed by atoms with Crippen molar-refractivity contribution in [1.29, 1.82) is 0 Å². The molecule has 0 radical (unpaired) electrons. The highest BCUT2D eigenvalue weighted by atomic mass is 79.9. The molecule has 57 heavy (non-hydrogen) atoms. The Labute approximate surface area is 393 Å². The van der Waals surface area contributed by atoms with Gasteiger partial charge in [-0.05, 0) is 116 Å². The standard InChI is InChI=1S/C13H8Br2Cl2O2.C13H6Cl6O2.C13H10Cl2O2/c14-10-4-8(16)2-6(12(10)18)1-7-3-9(17)5-11(15)13(7)19;14-6-2-8(16)12(20)4(10(6)18)1-5-11(19)7(15)3-9(17)13(5)21;14-10-1-3-12(16)8(6-10)5-9-7-11(15)2-4-13(9)17/h2-5,18-19H,1H2;2-3,20-21H,1H2;1-4,6-7,16-17H,5H2. The maximum Gasteiger partial charge on any atom is 0.139 e. The van der Waals surface area contributed by atoms with Gasteiger partial charge in [0.05, 0.1) is 39.1 Å². The topological polar surface area (TPSA) is 121 Å². The van der Waals surface area contributed by atoms with Crippen LogP contribution in [0.25, 0.3) is 0 Å². The Balaban J connectivity index is 0.000000190. The largest absolute Gasteiger partial charge is 0.508 e. The number of rotatable bonds is 6. The van der Waals surface area contributed by atoms with E-state index < -0.39 is 0 Å². The van der Waals surface area contributed by atoms with Gasteiger partial charge in [0.1, 0.15) is 34.5 Å². The van der Waals surface area contributed by atoms with Crippen molar-refractivity contribution in [2.45, 2.75) is 19.3 Å². The maximum atomic E-state index is 10.0. The van der Waals surface area contributed by atoms with Crippen molar-refractivity contribution < 1.29 is 30.6 Å². The summed E-state index contributed by atoms with van der Waals surface area (Å²) in [6.45, 7) is 0. The number of phenols is 6. The summed E-state index contributed by atoms with van der Waals surface area (Å²) in [6.07, 6.45) is 0.644. The molecule has 0 spiro atoms. The molecule has 0 heterocycles. The zero-order valence-electron chi connectivity index (χ0n) is 28.3. The summed E-state index contributed by atoms with van der Waals surface area (Å²) in [7, 11) is 0. The quantitative estimate of drug-likeness (QED) is 0.0924. The van der Waals surface area contributed by atoms with Gasteiger partial charge in [0.25, 0.3) is 0 Å². The van der Waals surface area contributed by atoms with E-state index in [0.717, 1.165) is 0 Å². The van der Waals surface area contributed by atoms with Crippen molar-refractivity contribution in [2.75, 3.05) is 0 Å². The first-order valence-corrected chi connectivity index (χ1v) is 21.0. The second-order valence-corrected chi connectivity index (χ2v) is 17.7. The summed E-state index contributed by atoms with van der Waals surface area (Å²) in [4.78, 5) is 0. The van der Waals surface area contributed by atoms with Gasteiger partial charge in [-0.15, -0.1) is 0 Å². The monoisotopic (exact) mass is 1100 g/mol. The molecular weight excluding hydrogens is 1080 g/mol. The highest BCUT2D eigenvalue weighted by molar-refractivity contribution is 9.11. The minimum Gasteiger partial charge on any atom is -0.508 e. The summed E-state index contributed by atoms with van der Waals surface area (Å²) in [5, 5.41) is 62.0. The molecule has 6 nitrogen and oxygen atoms in total. The fourth-order valence-corrected chi connectivity index (χ4v) is 8.64. The molecule has 0 aliphatic carbocycles. The van der Waals surface area contributed by atoms with Crippen LogP contribution in [0.3, 0.4) is 0 Å². The third-order valence-electron chi connectivity index (χ3n) is 7.89. The van der Waals surface area contributed by atoms with Gasteiger partial charge in [0.15, 0.2) is 0 Å². The van der Waals surface area contributed by atoms with Crippen LogP contribution in [0.5, 0.6) is 34.5 Å². The zero-order chi connectivity index (χ0) is 42.5. The normalized spacial score (nSPS) is 10.7. The smallest absolute Gasteiger partial charge is 0.139 e. The fraction of sp³-hybridized carbons (Fsp3) is 0.0769. The molecule has 0 atom stereocenters. The molecule has 0 bridgehead atoms. The van der Waals surface area contributed by atoms with Crippen LogP contribution in [0.1, 0.15) is 33.4 Å². The third-order valence-corrected chi connectivity index (χ3v) is 12.2. The number of hydrogen-bond donors (Lipinski definition) is 6. The van der Waals surface area contributed by atoms with Gasteiger partial charge in [-0.2, -0.15) is 0 Å². The number of aromatic hydroxyl groups is 6. The molecule has 0 amide bonds. The first-order chi connectivity index (χ1) is 26.7. The molecule has 300 valence electrons. The predicted molar refractivity (Wildman–Crippen MR) is 243 cm³/mol. The molecule has 0 aliphatic heterocycles. The summed E-state index contributed by atoms with van der Waals surface area (Å²) in [6, 6.07) is 18.7. The van der Waals surface area contributed by atoms with Crippen LogP contribution in [-0.4, -0.2) is 30.6 Å². The summed E-state index contributed by atoms with van der Waals surface area (Å²) in [5.41, 5.74) is 2.92. The Kier molecular flexibility index (Phi) is 17.5. The first-order valence-electron chi connectivity index (χ1n) is 15.7. The van der Waals surface area contributed by atoms with Gasteiger partial charge in [0.2, 0.25) is 0 Å². The minimum absolute atomic E-state index is 0.0307. The molecule has 0 aliphatic rings. The fourth-order valence-electron chi connectivity index (χ4n) is 5.08. The van der Waals surface area contributed by atoms with Crippen LogP contribution in [0.4, 0.5) is 0 Å². The van der Waals surface area contributed by atoms with Crippen LogP contribution >= 0.6 is 148 Å². The van der Waals surface area contributed by atoms with E-state index in [2.05, 4.69) is 31.9 Å². The van der Waals surface area contributed by atoms with Crippen LogP contribution in [0.2, 0.25) is 50.2 Å². The van der Waals surface area contributed by atoms with Crippen molar-refractivity contribution in [3.63, 3.8) is 0 Å². The summed E-state index contributed by atoms with van der Waals surface area (Å²) < 4.78 is 1.02. The third kappa shape index (κ3) is 12.5. The lowest BCUT2D eigenvalue weighted by atomic mass is 10.0. The SMILES string of the molecule is Oc1c(Br)cc(Cl)cc1Cc1cc(Cl)cc(Br)c1O.Oc1c(Cl)cc(Cl)c(Cl)c1Cc1c(O)c(Cl)cc(Cl)c1Cl.Oc1ccc(Cl)cc1Cc1cc(Cl)ccc1O. The second-order valence-electron chi connectivity index (χ2n) is 11.8. The zero-order valence-corrected chi connectivity index (χ0v) is 39.0. The minimum atomic E-state index is -0.252. The van der Waals surface area contributed by atoms with Gasteiger partial charge < -0.3 is 30.6 Å². The average Bonchev–Trinajstić information content (AvgIpc) is 3.14. The van der Waals surface area contributed by atoms with E-state index in [0.29, 0.717) is 64.1 Å². The maximum absolute atomic E-state index is 10.0. The molecule has 0 aromatic heterocycles. The molecule has 0 saturated heterocycles. The van der Waals surface area contributed by atoms with Crippen molar-refractivity contribution in [3.05, 3.63) is 165 Å². The Hall–Kier alpha value is -2.02. The van der Waals surface area contributed by atoms with Gasteiger partial charge in [-0.25, -0.2) is 0 Å². The van der Waals surface area contributed by atoms with Crippen molar-refractivity contribution in [3.8, 4) is 34.5 Å². The molecule has 6 N–H and O–H groups in total. The predicted octanol–water partition coefficient (Wildman–Crippen LogP) is 16.1. The van der Waals surface area contributed by atoms with E-state index in [4.69, 9.17) is 116 Å². The van der Waals surface area contributed by atoms with Crippen LogP contribution < -0.4 is 0 Å². The highest BCUT2D eigenvalue weighted by Crippen LogP contribution is 2.45. The van der Waals surface area contributed by atoms with Crippen molar-refractivity contribution in [1.82, 2.24) is 0 Å². The Morgan fingerprint density at radius 2 is 0.684 bits per heavy atom. The summed E-state index contributed by atoms with van der Waals surface area (Å²) in [5.74, 6) is -0.0161. The molecule has 6 aromatic carbocycles. The second kappa shape index (κ2) is 21.0. The van der Waals surface area contributed by atoms with Gasteiger partial charge in [-0.1, -0.05) is 116 Å². The lowest BCUT2D eigenvalue weighted by molar-refractivity contribution is 0.459. The first kappa shape index (κ1) is 47.7. The van der Waals surface area contributed by atoms with Crippen LogP contribution in [-0.2, 0) is 19.3 Å². The number of halogens is 12. The molecule has 18 heteroatoms. The van der Waals surface area contributed by atoms with Crippen LogP contribution in [0.15, 0.2) is 81.7 Å². The molecule has 6 rings (SSSR count). The van der Waals surface area contributed by atoms with E-state index in [-0.39, 0.29) is 82.2 Å². The number of phenolic OH excluding ortho intramolecular Hbond substituents is 6. The van der Waals surface area contributed by atoms with Gasteiger partial charge in [0, 0.05) is 61.6 Å². The lowest BCUT2D eigenvalue weighted by Gasteiger charge is -2.14. The van der Waals surface area contributed by atoms with E-state index in [1.807, 2.05) is 0 Å². The number of hydrogen-bond acceptors (Lipinski definition) is 6. The van der Waals surface area contributed by atoms with Gasteiger partial charge in [-0.3, -0.25) is 0 Å².